The Morgan fingerprint density at radius 3 is 2.65 bits per heavy atom. The number of benzene rings is 1. The maximum Gasteiger partial charge on any atom is 0.341 e. The highest BCUT2D eigenvalue weighted by Gasteiger charge is 2.33. The van der Waals surface area contributed by atoms with Crippen molar-refractivity contribution in [3.63, 3.8) is 0 Å². The summed E-state index contributed by atoms with van der Waals surface area (Å²) in [4.78, 5) is 26.1. The number of methoxy groups -OCH3 is 1. The van der Waals surface area contributed by atoms with Gasteiger partial charge in [0.1, 0.15) is 17.1 Å². The van der Waals surface area contributed by atoms with Crippen LogP contribution in [0.2, 0.25) is 0 Å². The molecule has 31 heavy (non-hydrogen) atoms. The number of halogens is 2. The number of carbonyl (C=O) groups is 1. The van der Waals surface area contributed by atoms with Gasteiger partial charge >= 0.3 is 5.97 Å². The molecule has 1 aliphatic carbocycles. The van der Waals surface area contributed by atoms with Crippen LogP contribution in [-0.2, 0) is 0 Å². The molecule has 0 bridgehead atoms. The van der Waals surface area contributed by atoms with Crippen molar-refractivity contribution >= 4 is 22.6 Å². The lowest BCUT2D eigenvalue weighted by Crippen LogP contribution is -2.37. The number of hydrogen-bond donors (Lipinski definition) is 2. The van der Waals surface area contributed by atoms with Crippen molar-refractivity contribution in [2.24, 2.45) is 11.7 Å². The van der Waals surface area contributed by atoms with Crippen LogP contribution < -0.4 is 20.8 Å². The van der Waals surface area contributed by atoms with Crippen LogP contribution in [0.1, 0.15) is 42.6 Å². The normalized spacial score (nSPS) is 20.8. The molecule has 166 valence electrons. The molecule has 2 fully saturated rings. The molecule has 2 heterocycles. The summed E-state index contributed by atoms with van der Waals surface area (Å²) in [6.07, 6.45) is 3.39. The molecule has 4 rings (SSSR count). The minimum Gasteiger partial charge on any atom is -0.492 e. The Hall–Kier alpha value is -2.94. The molecule has 1 aromatic carbocycles. The van der Waals surface area contributed by atoms with Crippen molar-refractivity contribution in [1.29, 1.82) is 0 Å². The first-order valence-corrected chi connectivity index (χ1v) is 10.3. The maximum atomic E-state index is 15.3. The third-order valence-corrected chi connectivity index (χ3v) is 6.16. The summed E-state index contributed by atoms with van der Waals surface area (Å²) >= 11 is 0. The van der Waals surface area contributed by atoms with E-state index in [2.05, 4.69) is 0 Å². The number of nitrogens with zero attached hydrogens (tertiary/aromatic N) is 2. The fourth-order valence-corrected chi connectivity index (χ4v) is 4.50. The van der Waals surface area contributed by atoms with E-state index in [0.29, 0.717) is 30.6 Å². The van der Waals surface area contributed by atoms with Gasteiger partial charge in [0.25, 0.3) is 0 Å². The molecule has 7 nitrogen and oxygen atoms in total. The van der Waals surface area contributed by atoms with Crippen molar-refractivity contribution < 1.29 is 23.4 Å². The Morgan fingerprint density at radius 1 is 1.39 bits per heavy atom. The van der Waals surface area contributed by atoms with E-state index >= 15 is 4.39 Å². The molecule has 2 aromatic rings. The van der Waals surface area contributed by atoms with E-state index < -0.39 is 22.8 Å². The highest BCUT2D eigenvalue weighted by atomic mass is 19.1. The van der Waals surface area contributed by atoms with Crippen molar-refractivity contribution in [1.82, 2.24) is 4.57 Å². The van der Waals surface area contributed by atoms with Gasteiger partial charge in [-0.15, -0.1) is 0 Å². The van der Waals surface area contributed by atoms with Crippen molar-refractivity contribution in [3.8, 4) is 5.75 Å². The zero-order valence-corrected chi connectivity index (χ0v) is 17.5. The predicted molar refractivity (Wildman–Crippen MR) is 113 cm³/mol. The largest absolute Gasteiger partial charge is 0.492 e. The van der Waals surface area contributed by atoms with Gasteiger partial charge in [-0.3, -0.25) is 4.79 Å². The Bertz CT molecular complexity index is 1150. The van der Waals surface area contributed by atoms with E-state index in [1.165, 1.54) is 13.3 Å². The topological polar surface area (TPSA) is 97.8 Å². The Kier molecular flexibility index (Phi) is 5.47. The summed E-state index contributed by atoms with van der Waals surface area (Å²) in [5, 5.41) is 9.41. The average molecular weight is 433 g/mol. The Labute approximate surface area is 177 Å². The average Bonchev–Trinajstić information content (AvgIpc) is 3.57. The molecular formula is C22H25F2N3O4. The van der Waals surface area contributed by atoms with E-state index in [1.807, 2.05) is 6.92 Å². The number of rotatable bonds is 5. The third kappa shape index (κ3) is 3.56. The lowest BCUT2D eigenvalue weighted by Gasteiger charge is -2.36. The summed E-state index contributed by atoms with van der Waals surface area (Å²) < 4.78 is 36.7. The van der Waals surface area contributed by atoms with Gasteiger partial charge in [-0.05, 0) is 36.8 Å². The second-order valence-corrected chi connectivity index (χ2v) is 8.18. The number of fused-ring (bicyclic) bond motifs is 1. The van der Waals surface area contributed by atoms with E-state index in [1.54, 1.807) is 9.47 Å². The number of carboxylic acid groups (broad SMARTS) is 1. The van der Waals surface area contributed by atoms with Crippen LogP contribution in [0.4, 0.5) is 14.5 Å². The van der Waals surface area contributed by atoms with Gasteiger partial charge in [0.15, 0.2) is 11.6 Å². The number of anilines is 1. The SMILES string of the molecule is COc1c(N2CC/C(=C(/F)CN)C(C)C2)c(F)cc2c(=O)c(C(=O)O)cn(C3CC3)c12. The van der Waals surface area contributed by atoms with Gasteiger partial charge in [0.2, 0.25) is 5.43 Å². The smallest absolute Gasteiger partial charge is 0.341 e. The quantitative estimate of drug-likeness (QED) is 0.752. The summed E-state index contributed by atoms with van der Waals surface area (Å²) in [5.41, 5.74) is 5.53. The lowest BCUT2D eigenvalue weighted by atomic mass is 9.91. The van der Waals surface area contributed by atoms with Crippen LogP contribution in [0.15, 0.2) is 28.5 Å². The van der Waals surface area contributed by atoms with E-state index in [0.717, 1.165) is 18.9 Å². The van der Waals surface area contributed by atoms with Crippen molar-refractivity contribution in [2.45, 2.75) is 32.2 Å². The zero-order valence-electron chi connectivity index (χ0n) is 17.5. The standard InChI is InChI=1S/C22H25F2N3O4/c1-11-9-26(6-5-13(11)17(24)8-25)19-16(23)7-14-18(21(19)31-2)27(12-3-4-12)10-15(20(14)28)22(29)30/h7,10-12H,3-6,8-9,25H2,1-2H3,(H,29,30)/b17-13-. The van der Waals surface area contributed by atoms with Crippen molar-refractivity contribution in [2.75, 3.05) is 31.6 Å². The first kappa shape index (κ1) is 21.3. The molecule has 3 N–H and O–H groups in total. The van der Waals surface area contributed by atoms with Gasteiger partial charge in [0, 0.05) is 31.9 Å². The third-order valence-electron chi connectivity index (χ3n) is 6.16. The minimum absolute atomic E-state index is 0.0234. The molecule has 1 saturated heterocycles. The molecule has 0 radical (unpaired) electrons. The molecule has 1 unspecified atom stereocenters. The number of aromatic carboxylic acids is 1. The summed E-state index contributed by atoms with van der Waals surface area (Å²) in [6, 6.07) is 1.12. The molecular weight excluding hydrogens is 408 g/mol. The predicted octanol–water partition coefficient (Wildman–Crippen LogP) is 3.21. The van der Waals surface area contributed by atoms with Gasteiger partial charge in [-0.1, -0.05) is 6.92 Å². The van der Waals surface area contributed by atoms with E-state index in [9.17, 15) is 19.1 Å². The summed E-state index contributed by atoms with van der Waals surface area (Å²) in [5.74, 6) is -2.34. The Balaban J connectivity index is 1.91. The number of pyridine rings is 1. The van der Waals surface area contributed by atoms with Crippen LogP contribution in [0.5, 0.6) is 5.75 Å². The van der Waals surface area contributed by atoms with Crippen LogP contribution >= 0.6 is 0 Å². The molecule has 0 spiro atoms. The highest BCUT2D eigenvalue weighted by molar-refractivity contribution is 5.97. The molecule has 0 amide bonds. The molecule has 1 aromatic heterocycles. The van der Waals surface area contributed by atoms with Crippen LogP contribution in [0.3, 0.4) is 0 Å². The second-order valence-electron chi connectivity index (χ2n) is 8.18. The van der Waals surface area contributed by atoms with E-state index in [4.69, 9.17) is 10.5 Å². The first-order chi connectivity index (χ1) is 14.8. The number of carboxylic acids is 1. The Morgan fingerprint density at radius 2 is 2.10 bits per heavy atom. The van der Waals surface area contributed by atoms with Gasteiger partial charge in [-0.25, -0.2) is 13.6 Å². The number of nitrogens with two attached hydrogens (primary N) is 1. The number of hydrogen-bond acceptors (Lipinski definition) is 5. The van der Waals surface area contributed by atoms with Gasteiger partial charge in [0.05, 0.1) is 18.0 Å². The molecule has 1 atom stereocenters. The second kappa shape index (κ2) is 7.96. The minimum atomic E-state index is -1.35. The lowest BCUT2D eigenvalue weighted by molar-refractivity contribution is 0.0694. The van der Waals surface area contributed by atoms with Crippen LogP contribution in [0.25, 0.3) is 10.9 Å². The molecule has 1 aliphatic heterocycles. The summed E-state index contributed by atoms with van der Waals surface area (Å²) in [6.45, 7) is 2.43. The van der Waals surface area contributed by atoms with E-state index in [-0.39, 0.29) is 41.2 Å². The van der Waals surface area contributed by atoms with Crippen LogP contribution in [0, 0.1) is 11.7 Å². The van der Waals surface area contributed by atoms with Crippen LogP contribution in [-0.4, -0.2) is 42.4 Å². The number of ether oxygens (including phenoxy) is 1. The van der Waals surface area contributed by atoms with Crippen molar-refractivity contribution in [3.05, 3.63) is 45.3 Å². The number of aromatic nitrogens is 1. The molecule has 2 aliphatic rings. The van der Waals surface area contributed by atoms with Gasteiger partial charge < -0.3 is 25.0 Å². The molecule has 9 heteroatoms. The maximum absolute atomic E-state index is 15.3. The highest BCUT2D eigenvalue weighted by Crippen LogP contribution is 2.44. The zero-order chi connectivity index (χ0) is 22.4. The monoisotopic (exact) mass is 433 g/mol. The fourth-order valence-electron chi connectivity index (χ4n) is 4.50. The summed E-state index contributed by atoms with van der Waals surface area (Å²) in [7, 11) is 1.40. The molecule has 1 saturated carbocycles. The fraction of sp³-hybridized carbons (Fsp3) is 0.455. The van der Waals surface area contributed by atoms with Gasteiger partial charge in [-0.2, -0.15) is 0 Å². The first-order valence-electron chi connectivity index (χ1n) is 10.3. The number of piperidine rings is 1.